The van der Waals surface area contributed by atoms with Crippen molar-refractivity contribution in [3.05, 3.63) is 88.3 Å². The van der Waals surface area contributed by atoms with Gasteiger partial charge in [-0.1, -0.05) is 6.07 Å². The molecule has 1 aliphatic rings. The molecule has 9 heteroatoms. The molecule has 8 nitrogen and oxygen atoms in total. The minimum absolute atomic E-state index is 0.237. The van der Waals surface area contributed by atoms with Crippen molar-refractivity contribution < 1.29 is 18.8 Å². The first-order valence-electron chi connectivity index (χ1n) is 11.0. The van der Waals surface area contributed by atoms with Gasteiger partial charge in [-0.15, -0.1) is 0 Å². The Labute approximate surface area is 201 Å². The van der Waals surface area contributed by atoms with Crippen molar-refractivity contribution in [2.75, 3.05) is 18.4 Å². The molecule has 3 amide bonds. The molecule has 178 valence electrons. The van der Waals surface area contributed by atoms with Gasteiger partial charge < -0.3 is 20.9 Å². The summed E-state index contributed by atoms with van der Waals surface area (Å²) in [7, 11) is 0. The first kappa shape index (κ1) is 23.6. The smallest absolute Gasteiger partial charge is 0.256 e. The summed E-state index contributed by atoms with van der Waals surface area (Å²) < 4.78 is 13.7. The number of H-pyrrole nitrogens is 1. The normalized spacial score (nSPS) is 13.7. The number of anilines is 1. The summed E-state index contributed by atoms with van der Waals surface area (Å²) in [5, 5.41) is 8.21. The van der Waals surface area contributed by atoms with Gasteiger partial charge in [0.05, 0.1) is 11.1 Å². The summed E-state index contributed by atoms with van der Waals surface area (Å²) in [5.74, 6) is -1.36. The van der Waals surface area contributed by atoms with Crippen LogP contribution in [-0.4, -0.2) is 40.8 Å². The lowest BCUT2D eigenvalue weighted by atomic mass is 10.0. The van der Waals surface area contributed by atoms with Crippen LogP contribution in [0.4, 0.5) is 10.1 Å². The standard InChI is InChI=1S/C26H24FN5O3/c1-15-22(13-20-19-12-18(27)6-7-21(19)32-25(20)34)31-16(2)24(15)26(35)30-11-10-29-23(33)8-5-17-4-3-9-28-14-17/h3-9,12-14,31H,10-11H2,1-2H3,(H,29,33)(H,30,35)(H,32,34)/b8-5+,20-13?. The van der Waals surface area contributed by atoms with Gasteiger partial charge in [0.15, 0.2) is 0 Å². The van der Waals surface area contributed by atoms with Crippen LogP contribution in [0.15, 0.2) is 48.8 Å². The van der Waals surface area contributed by atoms with Gasteiger partial charge in [-0.3, -0.25) is 19.4 Å². The number of aryl methyl sites for hydroxylation is 1. The Morgan fingerprint density at radius 1 is 1.14 bits per heavy atom. The summed E-state index contributed by atoms with van der Waals surface area (Å²) in [6.07, 6.45) is 7.98. The number of halogens is 1. The Morgan fingerprint density at radius 2 is 1.94 bits per heavy atom. The zero-order valence-corrected chi connectivity index (χ0v) is 19.2. The van der Waals surface area contributed by atoms with Crippen molar-refractivity contribution in [2.24, 2.45) is 0 Å². The molecule has 0 saturated heterocycles. The summed E-state index contributed by atoms with van der Waals surface area (Å²) >= 11 is 0. The number of rotatable bonds is 7. The number of nitrogens with zero attached hydrogens (tertiary/aromatic N) is 1. The van der Waals surface area contributed by atoms with E-state index in [9.17, 15) is 18.8 Å². The van der Waals surface area contributed by atoms with E-state index < -0.39 is 5.82 Å². The molecule has 0 aliphatic carbocycles. The van der Waals surface area contributed by atoms with Gasteiger partial charge in [0.2, 0.25) is 5.91 Å². The van der Waals surface area contributed by atoms with Crippen LogP contribution in [0.2, 0.25) is 0 Å². The number of benzene rings is 1. The molecule has 0 fully saturated rings. The number of carbonyl (C=O) groups is 3. The highest BCUT2D eigenvalue weighted by atomic mass is 19.1. The average molecular weight is 474 g/mol. The van der Waals surface area contributed by atoms with E-state index in [1.54, 1.807) is 44.5 Å². The van der Waals surface area contributed by atoms with Crippen molar-refractivity contribution in [1.29, 1.82) is 0 Å². The SMILES string of the molecule is Cc1[nH]c(C=C2C(=O)Nc3ccc(F)cc32)c(C)c1C(=O)NCCNC(=O)/C=C/c1cccnc1. The number of nitrogens with one attached hydrogen (secondary N) is 4. The first-order valence-corrected chi connectivity index (χ1v) is 11.0. The van der Waals surface area contributed by atoms with Crippen LogP contribution in [0.5, 0.6) is 0 Å². The lowest BCUT2D eigenvalue weighted by molar-refractivity contribution is -0.116. The van der Waals surface area contributed by atoms with Crippen molar-refractivity contribution in [2.45, 2.75) is 13.8 Å². The van der Waals surface area contributed by atoms with Gasteiger partial charge in [-0.05, 0) is 61.4 Å². The van der Waals surface area contributed by atoms with E-state index in [0.29, 0.717) is 39.3 Å². The second-order valence-corrected chi connectivity index (χ2v) is 8.03. The fraction of sp³-hybridized carbons (Fsp3) is 0.154. The van der Waals surface area contributed by atoms with E-state index in [4.69, 9.17) is 0 Å². The fourth-order valence-corrected chi connectivity index (χ4v) is 3.86. The molecular formula is C26H24FN5O3. The number of carbonyl (C=O) groups excluding carboxylic acids is 3. The van der Waals surface area contributed by atoms with Crippen LogP contribution >= 0.6 is 0 Å². The topological polar surface area (TPSA) is 116 Å². The van der Waals surface area contributed by atoms with Crippen molar-refractivity contribution in [1.82, 2.24) is 20.6 Å². The third kappa shape index (κ3) is 5.35. The van der Waals surface area contributed by atoms with E-state index in [1.165, 1.54) is 24.3 Å². The molecule has 0 saturated carbocycles. The molecule has 0 radical (unpaired) electrons. The quantitative estimate of drug-likeness (QED) is 0.311. The van der Waals surface area contributed by atoms with Crippen LogP contribution in [0.3, 0.4) is 0 Å². The maximum atomic E-state index is 13.7. The second-order valence-electron chi connectivity index (χ2n) is 8.03. The lowest BCUT2D eigenvalue weighted by Crippen LogP contribution is -2.34. The predicted molar refractivity (Wildman–Crippen MR) is 132 cm³/mol. The van der Waals surface area contributed by atoms with Crippen molar-refractivity contribution in [3.63, 3.8) is 0 Å². The summed E-state index contributed by atoms with van der Waals surface area (Å²) in [5.41, 5.74) is 4.48. The minimum atomic E-state index is -0.440. The Balaban J connectivity index is 1.38. The second kappa shape index (κ2) is 10.2. The monoisotopic (exact) mass is 473 g/mol. The molecule has 3 aromatic rings. The molecule has 0 atom stereocenters. The van der Waals surface area contributed by atoms with Crippen molar-refractivity contribution in [3.8, 4) is 0 Å². The number of hydrogen-bond donors (Lipinski definition) is 4. The maximum absolute atomic E-state index is 13.7. The van der Waals surface area contributed by atoms with Crippen LogP contribution in [-0.2, 0) is 9.59 Å². The Hall–Kier alpha value is -4.53. The zero-order chi connectivity index (χ0) is 24.9. The lowest BCUT2D eigenvalue weighted by Gasteiger charge is -2.07. The summed E-state index contributed by atoms with van der Waals surface area (Å²) in [4.78, 5) is 44.2. The highest BCUT2D eigenvalue weighted by Crippen LogP contribution is 2.34. The number of hydrogen-bond acceptors (Lipinski definition) is 4. The fourth-order valence-electron chi connectivity index (χ4n) is 3.86. The Morgan fingerprint density at radius 3 is 2.71 bits per heavy atom. The van der Waals surface area contributed by atoms with Crippen LogP contribution < -0.4 is 16.0 Å². The predicted octanol–water partition coefficient (Wildman–Crippen LogP) is 3.22. The highest BCUT2D eigenvalue weighted by molar-refractivity contribution is 6.34. The third-order valence-corrected chi connectivity index (χ3v) is 5.58. The summed E-state index contributed by atoms with van der Waals surface area (Å²) in [6.45, 7) is 4.02. The maximum Gasteiger partial charge on any atom is 0.256 e. The minimum Gasteiger partial charge on any atom is -0.358 e. The third-order valence-electron chi connectivity index (χ3n) is 5.58. The van der Waals surface area contributed by atoms with Gasteiger partial charge in [0, 0.05) is 54.2 Å². The molecule has 0 bridgehead atoms. The molecule has 4 N–H and O–H groups in total. The van der Waals surface area contributed by atoms with Gasteiger partial charge in [-0.25, -0.2) is 4.39 Å². The molecule has 1 aromatic carbocycles. The molecule has 2 aromatic heterocycles. The molecule has 0 spiro atoms. The van der Waals surface area contributed by atoms with E-state index >= 15 is 0 Å². The van der Waals surface area contributed by atoms with E-state index in [0.717, 1.165) is 5.56 Å². The Bertz CT molecular complexity index is 1360. The molecular weight excluding hydrogens is 449 g/mol. The largest absolute Gasteiger partial charge is 0.358 e. The van der Waals surface area contributed by atoms with E-state index in [1.807, 2.05) is 6.07 Å². The van der Waals surface area contributed by atoms with Crippen molar-refractivity contribution >= 4 is 41.1 Å². The molecule has 35 heavy (non-hydrogen) atoms. The van der Waals surface area contributed by atoms with E-state index in [2.05, 4.69) is 25.9 Å². The van der Waals surface area contributed by atoms with Crippen LogP contribution in [0.1, 0.15) is 38.4 Å². The van der Waals surface area contributed by atoms with Gasteiger partial charge in [0.1, 0.15) is 5.82 Å². The highest BCUT2D eigenvalue weighted by Gasteiger charge is 2.26. The molecule has 4 rings (SSSR count). The number of aromatic amines is 1. The zero-order valence-electron chi connectivity index (χ0n) is 19.2. The Kier molecular flexibility index (Phi) is 6.86. The molecule has 0 unspecified atom stereocenters. The molecule has 1 aliphatic heterocycles. The van der Waals surface area contributed by atoms with Crippen LogP contribution in [0.25, 0.3) is 17.7 Å². The number of aromatic nitrogens is 2. The van der Waals surface area contributed by atoms with Gasteiger partial charge in [-0.2, -0.15) is 0 Å². The van der Waals surface area contributed by atoms with Gasteiger partial charge in [0.25, 0.3) is 11.8 Å². The van der Waals surface area contributed by atoms with Crippen LogP contribution in [0, 0.1) is 19.7 Å². The number of pyridine rings is 1. The van der Waals surface area contributed by atoms with E-state index in [-0.39, 0.29) is 30.8 Å². The first-order chi connectivity index (χ1) is 16.8. The number of fused-ring (bicyclic) bond motifs is 1. The average Bonchev–Trinajstić information content (AvgIpc) is 3.30. The summed E-state index contributed by atoms with van der Waals surface area (Å²) in [6, 6.07) is 7.72. The molecule has 3 heterocycles. The number of amides is 3. The van der Waals surface area contributed by atoms with Gasteiger partial charge >= 0.3 is 0 Å².